The summed E-state index contributed by atoms with van der Waals surface area (Å²) in [5.74, 6) is 0. The van der Waals surface area contributed by atoms with Crippen molar-refractivity contribution in [1.82, 2.24) is 9.78 Å². The van der Waals surface area contributed by atoms with Gasteiger partial charge < -0.3 is 5.73 Å². The predicted octanol–water partition coefficient (Wildman–Crippen LogP) is 3.88. The molecule has 1 atom stereocenters. The molecule has 21 heavy (non-hydrogen) atoms. The van der Waals surface area contributed by atoms with Crippen molar-refractivity contribution in [3.8, 4) is 5.69 Å². The summed E-state index contributed by atoms with van der Waals surface area (Å²) in [5.41, 5.74) is 9.60. The first-order chi connectivity index (χ1) is 10.2. The van der Waals surface area contributed by atoms with Gasteiger partial charge in [-0.3, -0.25) is 0 Å². The number of para-hydroxylation sites is 1. The smallest absolute Gasteiger partial charge is 0.0645 e. The van der Waals surface area contributed by atoms with Crippen molar-refractivity contribution in [3.63, 3.8) is 0 Å². The Hall–Kier alpha value is -1.91. The number of aromatic nitrogens is 2. The number of hydrogen-bond acceptors (Lipinski definition) is 2. The van der Waals surface area contributed by atoms with Gasteiger partial charge >= 0.3 is 0 Å². The van der Waals surface area contributed by atoms with Gasteiger partial charge in [0.25, 0.3) is 0 Å². The Kier molecular flexibility index (Phi) is 4.18. The van der Waals surface area contributed by atoms with Gasteiger partial charge in [0.1, 0.15) is 0 Å². The van der Waals surface area contributed by atoms with E-state index < -0.39 is 0 Å². The molecule has 3 aromatic rings. The largest absolute Gasteiger partial charge is 0.324 e. The van der Waals surface area contributed by atoms with Gasteiger partial charge in [-0.1, -0.05) is 46.3 Å². The van der Waals surface area contributed by atoms with Crippen molar-refractivity contribution < 1.29 is 0 Å². The van der Waals surface area contributed by atoms with Crippen LogP contribution >= 0.6 is 15.9 Å². The molecular weight excluding hydrogens is 326 g/mol. The van der Waals surface area contributed by atoms with E-state index in [-0.39, 0.29) is 6.04 Å². The maximum absolute atomic E-state index is 6.29. The molecule has 0 amide bonds. The Morgan fingerprint density at radius 3 is 2.48 bits per heavy atom. The van der Waals surface area contributed by atoms with E-state index in [0.717, 1.165) is 22.1 Å². The molecule has 1 unspecified atom stereocenters. The molecule has 0 spiro atoms. The van der Waals surface area contributed by atoms with E-state index in [4.69, 9.17) is 5.73 Å². The summed E-state index contributed by atoms with van der Waals surface area (Å²) in [7, 11) is 0. The zero-order chi connectivity index (χ0) is 14.7. The van der Waals surface area contributed by atoms with Crippen molar-refractivity contribution in [1.29, 1.82) is 0 Å². The van der Waals surface area contributed by atoms with E-state index in [2.05, 4.69) is 33.2 Å². The van der Waals surface area contributed by atoms with Crippen LogP contribution in [0, 0.1) is 0 Å². The first kappa shape index (κ1) is 14.0. The third-order valence-electron chi connectivity index (χ3n) is 3.42. The minimum absolute atomic E-state index is 0.0522. The van der Waals surface area contributed by atoms with Gasteiger partial charge in [0, 0.05) is 22.3 Å². The quantitative estimate of drug-likeness (QED) is 0.782. The lowest BCUT2D eigenvalue weighted by Crippen LogP contribution is -2.12. The average molecular weight is 342 g/mol. The topological polar surface area (TPSA) is 43.8 Å². The summed E-state index contributed by atoms with van der Waals surface area (Å²) < 4.78 is 2.94. The SMILES string of the molecule is NC(Cc1ccc(Br)cc1)c1cnn(-c2ccccc2)c1. The van der Waals surface area contributed by atoms with E-state index >= 15 is 0 Å². The van der Waals surface area contributed by atoms with Crippen LogP contribution in [0.2, 0.25) is 0 Å². The molecular formula is C17H16BrN3. The molecule has 3 nitrogen and oxygen atoms in total. The maximum Gasteiger partial charge on any atom is 0.0645 e. The molecule has 3 rings (SSSR count). The van der Waals surface area contributed by atoms with E-state index in [1.807, 2.05) is 59.5 Å². The highest BCUT2D eigenvalue weighted by molar-refractivity contribution is 9.10. The van der Waals surface area contributed by atoms with Gasteiger partial charge in [-0.15, -0.1) is 0 Å². The zero-order valence-electron chi connectivity index (χ0n) is 11.5. The van der Waals surface area contributed by atoms with Crippen LogP contribution in [0.3, 0.4) is 0 Å². The minimum Gasteiger partial charge on any atom is -0.324 e. The highest BCUT2D eigenvalue weighted by atomic mass is 79.9. The van der Waals surface area contributed by atoms with Gasteiger partial charge in [0.15, 0.2) is 0 Å². The molecule has 106 valence electrons. The number of nitrogens with zero attached hydrogens (tertiary/aromatic N) is 2. The lowest BCUT2D eigenvalue weighted by molar-refractivity contribution is 0.721. The van der Waals surface area contributed by atoms with Crippen LogP contribution in [0.4, 0.5) is 0 Å². The van der Waals surface area contributed by atoms with E-state index in [1.54, 1.807) is 0 Å². The molecule has 0 aliphatic rings. The van der Waals surface area contributed by atoms with Crippen LogP contribution in [0.25, 0.3) is 5.69 Å². The second-order valence-electron chi connectivity index (χ2n) is 4.99. The van der Waals surface area contributed by atoms with Crippen molar-refractivity contribution >= 4 is 15.9 Å². The van der Waals surface area contributed by atoms with Gasteiger partial charge in [0.05, 0.1) is 11.9 Å². The zero-order valence-corrected chi connectivity index (χ0v) is 13.1. The number of rotatable bonds is 4. The molecule has 0 bridgehead atoms. The summed E-state index contributed by atoms with van der Waals surface area (Å²) in [4.78, 5) is 0. The van der Waals surface area contributed by atoms with Crippen molar-refractivity contribution in [2.75, 3.05) is 0 Å². The minimum atomic E-state index is -0.0522. The van der Waals surface area contributed by atoms with Gasteiger partial charge in [-0.25, -0.2) is 4.68 Å². The molecule has 0 aliphatic carbocycles. The third kappa shape index (κ3) is 3.40. The molecule has 2 N–H and O–H groups in total. The fraction of sp³-hybridized carbons (Fsp3) is 0.118. The molecule has 1 aromatic heterocycles. The Balaban J connectivity index is 1.75. The molecule has 4 heteroatoms. The second-order valence-corrected chi connectivity index (χ2v) is 5.91. The van der Waals surface area contributed by atoms with Crippen molar-refractivity contribution in [2.24, 2.45) is 5.73 Å². The summed E-state index contributed by atoms with van der Waals surface area (Å²) in [6, 6.07) is 18.2. The fourth-order valence-corrected chi connectivity index (χ4v) is 2.51. The van der Waals surface area contributed by atoms with E-state index in [1.165, 1.54) is 5.56 Å². The summed E-state index contributed by atoms with van der Waals surface area (Å²) in [6.45, 7) is 0. The first-order valence-corrected chi connectivity index (χ1v) is 7.62. The Morgan fingerprint density at radius 1 is 1.05 bits per heavy atom. The fourth-order valence-electron chi connectivity index (χ4n) is 2.24. The standard InChI is InChI=1S/C17H16BrN3/c18-15-8-6-13(7-9-15)10-17(19)14-11-20-21(12-14)16-4-2-1-3-5-16/h1-9,11-12,17H,10,19H2. The monoisotopic (exact) mass is 341 g/mol. The summed E-state index contributed by atoms with van der Waals surface area (Å²) in [5, 5.41) is 4.39. The highest BCUT2D eigenvalue weighted by Crippen LogP contribution is 2.19. The number of benzene rings is 2. The van der Waals surface area contributed by atoms with E-state index in [0.29, 0.717) is 0 Å². The first-order valence-electron chi connectivity index (χ1n) is 6.82. The Labute approximate surface area is 132 Å². The van der Waals surface area contributed by atoms with Gasteiger partial charge in [-0.05, 0) is 36.2 Å². The maximum atomic E-state index is 6.29. The molecule has 2 aromatic carbocycles. The summed E-state index contributed by atoms with van der Waals surface area (Å²) >= 11 is 3.44. The lowest BCUT2D eigenvalue weighted by atomic mass is 10.0. The molecule has 0 saturated heterocycles. The van der Waals surface area contributed by atoms with Gasteiger partial charge in [0.2, 0.25) is 0 Å². The molecule has 0 radical (unpaired) electrons. The number of halogens is 1. The van der Waals surface area contributed by atoms with Crippen molar-refractivity contribution in [3.05, 3.63) is 82.6 Å². The number of nitrogens with two attached hydrogens (primary N) is 1. The Bertz CT molecular complexity index is 704. The van der Waals surface area contributed by atoms with Crippen LogP contribution in [0.15, 0.2) is 71.5 Å². The lowest BCUT2D eigenvalue weighted by Gasteiger charge is -2.09. The number of hydrogen-bond donors (Lipinski definition) is 1. The van der Waals surface area contributed by atoms with E-state index in [9.17, 15) is 0 Å². The highest BCUT2D eigenvalue weighted by Gasteiger charge is 2.10. The van der Waals surface area contributed by atoms with Crippen molar-refractivity contribution in [2.45, 2.75) is 12.5 Å². The third-order valence-corrected chi connectivity index (χ3v) is 3.95. The molecule has 0 fully saturated rings. The molecule has 0 aliphatic heterocycles. The average Bonchev–Trinajstić information content (AvgIpc) is 3.00. The van der Waals surface area contributed by atoms with Crippen LogP contribution in [0.5, 0.6) is 0 Å². The van der Waals surface area contributed by atoms with Crippen LogP contribution in [0.1, 0.15) is 17.2 Å². The Morgan fingerprint density at radius 2 is 1.76 bits per heavy atom. The van der Waals surface area contributed by atoms with Crippen LogP contribution < -0.4 is 5.73 Å². The summed E-state index contributed by atoms with van der Waals surface area (Å²) in [6.07, 6.45) is 4.64. The van der Waals surface area contributed by atoms with Crippen LogP contribution in [-0.2, 0) is 6.42 Å². The van der Waals surface area contributed by atoms with Crippen LogP contribution in [-0.4, -0.2) is 9.78 Å². The molecule has 1 heterocycles. The van der Waals surface area contributed by atoms with Gasteiger partial charge in [-0.2, -0.15) is 5.10 Å². The second kappa shape index (κ2) is 6.24. The normalized spacial score (nSPS) is 12.3. The molecule has 0 saturated carbocycles. The predicted molar refractivity (Wildman–Crippen MR) is 88.3 cm³/mol.